The molecule has 0 N–H and O–H groups in total. The Kier molecular flexibility index (Phi) is 8.72. The molecule has 0 aliphatic carbocycles. The van der Waals surface area contributed by atoms with E-state index in [4.69, 9.17) is 14.2 Å². The Labute approximate surface area is 210 Å². The molecular weight excluding hydrogens is 522 g/mol. The molecular formula is C25H22BrNO6S. The van der Waals surface area contributed by atoms with Gasteiger partial charge in [0.05, 0.1) is 31.2 Å². The first kappa shape index (κ1) is 25.3. The molecule has 3 aromatic carbocycles. The number of hydrogen-bond acceptors (Lipinski definition) is 7. The molecule has 0 fully saturated rings. The quantitative estimate of drug-likeness (QED) is 0.124. The number of hydrogen-bond donors (Lipinski definition) is 0. The van der Waals surface area contributed by atoms with Crippen LogP contribution < -0.4 is 14.2 Å². The summed E-state index contributed by atoms with van der Waals surface area (Å²) in [4.78, 5) is 24.4. The minimum Gasteiger partial charge on any atom is -0.496 e. The molecule has 34 heavy (non-hydrogen) atoms. The van der Waals surface area contributed by atoms with E-state index in [0.717, 1.165) is 10.0 Å². The first-order valence-electron chi connectivity index (χ1n) is 10.0. The van der Waals surface area contributed by atoms with E-state index in [1.54, 1.807) is 18.2 Å². The Morgan fingerprint density at radius 2 is 1.53 bits per heavy atom. The number of thioether (sulfide) groups is 1. The first-order valence-corrected chi connectivity index (χ1v) is 11.8. The molecule has 9 heteroatoms. The number of rotatable bonds is 10. The maximum atomic E-state index is 13.4. The highest BCUT2D eigenvalue weighted by Crippen LogP contribution is 2.37. The summed E-state index contributed by atoms with van der Waals surface area (Å²) in [6.45, 7) is 0. The van der Waals surface area contributed by atoms with Crippen LogP contribution in [0.5, 0.6) is 17.2 Å². The molecule has 3 aromatic rings. The molecule has 0 aliphatic rings. The zero-order valence-corrected chi connectivity index (χ0v) is 21.1. The van der Waals surface area contributed by atoms with Crippen molar-refractivity contribution >= 4 is 45.2 Å². The molecule has 176 valence electrons. The number of carbonyl (C=O) groups excluding carboxylic acids is 1. The second kappa shape index (κ2) is 11.7. The molecule has 0 saturated heterocycles. The minimum absolute atomic E-state index is 0.0776. The Morgan fingerprint density at radius 3 is 2.09 bits per heavy atom. The Morgan fingerprint density at radius 1 is 0.941 bits per heavy atom. The predicted octanol–water partition coefficient (Wildman–Crippen LogP) is 6.54. The topological polar surface area (TPSA) is 87.9 Å². The summed E-state index contributed by atoms with van der Waals surface area (Å²) in [6.07, 6.45) is 1.73. The van der Waals surface area contributed by atoms with Gasteiger partial charge in [-0.3, -0.25) is 14.9 Å². The van der Waals surface area contributed by atoms with Gasteiger partial charge in [0, 0.05) is 39.6 Å². The molecule has 0 aliphatic heterocycles. The van der Waals surface area contributed by atoms with Crippen LogP contribution in [-0.4, -0.2) is 32.0 Å². The summed E-state index contributed by atoms with van der Waals surface area (Å²) in [5.41, 5.74) is 1.94. The molecule has 0 heterocycles. The standard InChI is InChI=1S/C25H22BrNO6S/c1-31-21-14-23(33-3)22(32-2)12-18(21)13-24(34-15-16-4-8-19(26)9-5-16)25(28)17-6-10-20(11-7-17)27(29)30/h4-14H,15H2,1-3H3/b24-13+. The van der Waals surface area contributed by atoms with Crippen LogP contribution in [-0.2, 0) is 5.75 Å². The highest BCUT2D eigenvalue weighted by Gasteiger charge is 2.18. The molecule has 0 radical (unpaired) electrons. The third kappa shape index (κ3) is 6.18. The van der Waals surface area contributed by atoms with Crippen molar-refractivity contribution < 1.29 is 23.9 Å². The van der Waals surface area contributed by atoms with Crippen LogP contribution in [0.2, 0.25) is 0 Å². The van der Waals surface area contributed by atoms with Gasteiger partial charge in [0.25, 0.3) is 5.69 Å². The van der Waals surface area contributed by atoms with Crippen LogP contribution in [0.4, 0.5) is 5.69 Å². The lowest BCUT2D eigenvalue weighted by Gasteiger charge is -2.14. The van der Waals surface area contributed by atoms with E-state index in [1.165, 1.54) is 57.4 Å². The van der Waals surface area contributed by atoms with Gasteiger partial charge < -0.3 is 14.2 Å². The van der Waals surface area contributed by atoms with Crippen LogP contribution in [0.15, 0.2) is 70.0 Å². The predicted molar refractivity (Wildman–Crippen MR) is 137 cm³/mol. The molecule has 0 aromatic heterocycles. The van der Waals surface area contributed by atoms with Crippen molar-refractivity contribution in [2.24, 2.45) is 0 Å². The summed E-state index contributed by atoms with van der Waals surface area (Å²) < 4.78 is 17.2. The Bertz CT molecular complexity index is 1210. The average molecular weight is 544 g/mol. The average Bonchev–Trinajstić information content (AvgIpc) is 2.86. The normalized spacial score (nSPS) is 11.1. The molecule has 0 bridgehead atoms. The third-order valence-corrected chi connectivity index (χ3v) is 6.51. The summed E-state index contributed by atoms with van der Waals surface area (Å²) in [7, 11) is 4.60. The van der Waals surface area contributed by atoms with Gasteiger partial charge >= 0.3 is 0 Å². The highest BCUT2D eigenvalue weighted by atomic mass is 79.9. The van der Waals surface area contributed by atoms with Gasteiger partial charge in [-0.15, -0.1) is 11.8 Å². The number of nitrogens with zero attached hydrogens (tertiary/aromatic N) is 1. The van der Waals surface area contributed by atoms with E-state index in [1.807, 2.05) is 24.3 Å². The van der Waals surface area contributed by atoms with Crippen molar-refractivity contribution in [2.75, 3.05) is 21.3 Å². The molecule has 0 saturated carbocycles. The number of benzene rings is 3. The largest absolute Gasteiger partial charge is 0.496 e. The van der Waals surface area contributed by atoms with E-state index in [2.05, 4.69) is 15.9 Å². The number of allylic oxidation sites excluding steroid dienone is 1. The van der Waals surface area contributed by atoms with Crippen molar-refractivity contribution in [1.82, 2.24) is 0 Å². The second-order valence-corrected chi connectivity index (χ2v) is 8.94. The molecule has 0 amide bonds. The summed E-state index contributed by atoms with van der Waals surface area (Å²) >= 11 is 4.79. The van der Waals surface area contributed by atoms with Gasteiger partial charge in [-0.25, -0.2) is 0 Å². The summed E-state index contributed by atoms with van der Waals surface area (Å²) in [6, 6.07) is 16.8. The lowest BCUT2D eigenvalue weighted by molar-refractivity contribution is -0.384. The molecule has 3 rings (SSSR count). The van der Waals surface area contributed by atoms with Crippen molar-refractivity contribution in [3.8, 4) is 17.2 Å². The number of ketones is 1. The van der Waals surface area contributed by atoms with E-state index in [-0.39, 0.29) is 11.5 Å². The lowest BCUT2D eigenvalue weighted by Crippen LogP contribution is -2.03. The van der Waals surface area contributed by atoms with Gasteiger partial charge in [-0.1, -0.05) is 28.1 Å². The van der Waals surface area contributed by atoms with E-state index < -0.39 is 4.92 Å². The van der Waals surface area contributed by atoms with Gasteiger partial charge in [0.2, 0.25) is 0 Å². The van der Waals surface area contributed by atoms with Crippen LogP contribution in [0.1, 0.15) is 21.5 Å². The van der Waals surface area contributed by atoms with Gasteiger partial charge in [0.1, 0.15) is 5.75 Å². The first-order chi connectivity index (χ1) is 16.4. The zero-order chi connectivity index (χ0) is 24.7. The Hall–Kier alpha value is -3.30. The fraction of sp³-hybridized carbons (Fsp3) is 0.160. The Balaban J connectivity index is 2.03. The van der Waals surface area contributed by atoms with Gasteiger partial charge in [0.15, 0.2) is 17.3 Å². The highest BCUT2D eigenvalue weighted by molar-refractivity contribution is 9.10. The number of methoxy groups -OCH3 is 3. The lowest BCUT2D eigenvalue weighted by atomic mass is 10.1. The molecule has 0 spiro atoms. The van der Waals surface area contributed by atoms with Crippen LogP contribution >= 0.6 is 27.7 Å². The zero-order valence-electron chi connectivity index (χ0n) is 18.7. The maximum Gasteiger partial charge on any atom is 0.269 e. The van der Waals surface area contributed by atoms with Crippen molar-refractivity contribution in [2.45, 2.75) is 5.75 Å². The number of nitro groups is 1. The smallest absolute Gasteiger partial charge is 0.269 e. The summed E-state index contributed by atoms with van der Waals surface area (Å²) in [5.74, 6) is 1.80. The number of nitro benzene ring substituents is 1. The van der Waals surface area contributed by atoms with Crippen LogP contribution in [0, 0.1) is 10.1 Å². The van der Waals surface area contributed by atoms with Crippen LogP contribution in [0.25, 0.3) is 6.08 Å². The number of Topliss-reactive ketones (excluding diaryl/α,β-unsaturated/α-hetero) is 1. The van der Waals surface area contributed by atoms with Crippen molar-refractivity contribution in [3.05, 3.63) is 96.8 Å². The summed E-state index contributed by atoms with van der Waals surface area (Å²) in [5, 5.41) is 11.0. The fourth-order valence-corrected chi connectivity index (χ4v) is 4.34. The van der Waals surface area contributed by atoms with Crippen molar-refractivity contribution in [3.63, 3.8) is 0 Å². The number of halogens is 1. The SMILES string of the molecule is COc1cc(OC)c(OC)cc1/C=C(/SCc1ccc(Br)cc1)C(=O)c1ccc([N+](=O)[O-])cc1. The molecule has 7 nitrogen and oxygen atoms in total. The molecule has 0 unspecified atom stereocenters. The second-order valence-electron chi connectivity index (χ2n) is 7.01. The number of carbonyl (C=O) groups is 1. The van der Waals surface area contributed by atoms with E-state index in [9.17, 15) is 14.9 Å². The fourth-order valence-electron chi connectivity index (χ4n) is 3.10. The number of non-ortho nitro benzene ring substituents is 1. The molecule has 0 atom stereocenters. The van der Waals surface area contributed by atoms with Crippen LogP contribution in [0.3, 0.4) is 0 Å². The van der Waals surface area contributed by atoms with E-state index >= 15 is 0 Å². The van der Waals surface area contributed by atoms with Gasteiger partial charge in [-0.05, 0) is 42.0 Å². The maximum absolute atomic E-state index is 13.4. The third-order valence-electron chi connectivity index (χ3n) is 4.89. The van der Waals surface area contributed by atoms with Gasteiger partial charge in [-0.2, -0.15) is 0 Å². The monoisotopic (exact) mass is 543 g/mol. The van der Waals surface area contributed by atoms with E-state index in [0.29, 0.717) is 39.0 Å². The minimum atomic E-state index is -0.498. The number of ether oxygens (including phenoxy) is 3. The van der Waals surface area contributed by atoms with Crippen molar-refractivity contribution in [1.29, 1.82) is 0 Å².